The molecular weight excluding hydrogens is 250 g/mol. The van der Waals surface area contributed by atoms with Crippen LogP contribution in [0.25, 0.3) is 0 Å². The van der Waals surface area contributed by atoms with Crippen LogP contribution in [0.4, 0.5) is 0 Å². The van der Waals surface area contributed by atoms with Gasteiger partial charge in [0.2, 0.25) is 0 Å². The molecule has 0 heterocycles. The number of rotatable bonds is 8. The Morgan fingerprint density at radius 1 is 1.26 bits per heavy atom. The van der Waals surface area contributed by atoms with Gasteiger partial charge >= 0.3 is 11.9 Å². The molecule has 0 saturated carbocycles. The molecule has 0 rings (SSSR count). The molecule has 2 unspecified atom stereocenters. The zero-order valence-corrected chi connectivity index (χ0v) is 11.9. The van der Waals surface area contributed by atoms with Gasteiger partial charge in [-0.25, -0.2) is 4.79 Å². The highest BCUT2D eigenvalue weighted by atomic mass is 16.6. The van der Waals surface area contributed by atoms with Crippen LogP contribution >= 0.6 is 0 Å². The number of hydrogen-bond acceptors (Lipinski definition) is 5. The lowest BCUT2D eigenvalue weighted by Crippen LogP contribution is -2.32. The molecule has 6 nitrogen and oxygen atoms in total. The smallest absolute Gasteiger partial charge is 0.331 e. The number of esters is 1. The molecule has 0 amide bonds. The summed E-state index contributed by atoms with van der Waals surface area (Å²) in [6, 6.07) is -0.0829. The Kier molecular flexibility index (Phi) is 8.02. The number of aliphatic carboxylic acids is 1. The highest BCUT2D eigenvalue weighted by Crippen LogP contribution is 2.10. The van der Waals surface area contributed by atoms with E-state index in [0.717, 1.165) is 13.1 Å². The van der Waals surface area contributed by atoms with Gasteiger partial charge in [0.25, 0.3) is 0 Å². The van der Waals surface area contributed by atoms with Crippen molar-refractivity contribution in [1.82, 2.24) is 4.90 Å². The van der Waals surface area contributed by atoms with Gasteiger partial charge in [0.05, 0.1) is 6.42 Å². The third-order valence-corrected chi connectivity index (χ3v) is 2.74. The SMILES string of the molecule is CCN(CC)C(C)/C=C(/CC(=O)OC(C)O)C(=O)O. The predicted octanol–water partition coefficient (Wildman–Crippen LogP) is 0.999. The molecule has 2 atom stereocenters. The van der Waals surface area contributed by atoms with E-state index in [9.17, 15) is 9.59 Å². The van der Waals surface area contributed by atoms with E-state index in [1.165, 1.54) is 6.92 Å². The van der Waals surface area contributed by atoms with Crippen LogP contribution < -0.4 is 0 Å². The molecule has 0 aromatic carbocycles. The van der Waals surface area contributed by atoms with Crippen molar-refractivity contribution in [3.05, 3.63) is 11.6 Å². The van der Waals surface area contributed by atoms with Crippen molar-refractivity contribution in [3.8, 4) is 0 Å². The number of carboxylic acids is 1. The minimum atomic E-state index is -1.23. The first-order chi connectivity index (χ1) is 8.81. The third-order valence-electron chi connectivity index (χ3n) is 2.74. The number of aliphatic hydroxyl groups is 1. The van der Waals surface area contributed by atoms with E-state index < -0.39 is 18.2 Å². The van der Waals surface area contributed by atoms with Crippen LogP contribution in [0, 0.1) is 0 Å². The van der Waals surface area contributed by atoms with E-state index in [-0.39, 0.29) is 18.0 Å². The average Bonchev–Trinajstić information content (AvgIpc) is 2.28. The fourth-order valence-electron chi connectivity index (χ4n) is 1.79. The lowest BCUT2D eigenvalue weighted by Gasteiger charge is -2.24. The number of carboxylic acid groups (broad SMARTS) is 1. The Bertz CT molecular complexity index is 334. The van der Waals surface area contributed by atoms with E-state index in [1.807, 2.05) is 20.8 Å². The first-order valence-electron chi connectivity index (χ1n) is 6.37. The van der Waals surface area contributed by atoms with Gasteiger partial charge in [0, 0.05) is 11.6 Å². The summed E-state index contributed by atoms with van der Waals surface area (Å²) in [7, 11) is 0. The van der Waals surface area contributed by atoms with E-state index >= 15 is 0 Å². The predicted molar refractivity (Wildman–Crippen MR) is 70.5 cm³/mol. The first-order valence-corrected chi connectivity index (χ1v) is 6.37. The second-order valence-electron chi connectivity index (χ2n) is 4.22. The highest BCUT2D eigenvalue weighted by Gasteiger charge is 2.18. The fraction of sp³-hybridized carbons (Fsp3) is 0.692. The summed E-state index contributed by atoms with van der Waals surface area (Å²) in [6.45, 7) is 8.71. The van der Waals surface area contributed by atoms with Gasteiger partial charge < -0.3 is 14.9 Å². The van der Waals surface area contributed by atoms with Crippen LogP contribution in [0.2, 0.25) is 0 Å². The van der Waals surface area contributed by atoms with Crippen molar-refractivity contribution in [1.29, 1.82) is 0 Å². The fourth-order valence-corrected chi connectivity index (χ4v) is 1.79. The molecule has 0 radical (unpaired) electrons. The maximum atomic E-state index is 11.4. The topological polar surface area (TPSA) is 87.1 Å². The number of nitrogens with zero attached hydrogens (tertiary/aromatic N) is 1. The Labute approximate surface area is 113 Å². The Morgan fingerprint density at radius 2 is 1.79 bits per heavy atom. The Hall–Kier alpha value is -1.40. The van der Waals surface area contributed by atoms with Crippen LogP contribution in [0.15, 0.2) is 11.6 Å². The second-order valence-corrected chi connectivity index (χ2v) is 4.22. The normalized spacial score (nSPS) is 15.2. The standard InChI is InChI=1S/C13H23NO5/c1-5-14(6-2)9(3)7-11(13(17)18)8-12(16)19-10(4)15/h7,9-10,15H,5-6,8H2,1-4H3,(H,17,18)/b11-7-. The maximum Gasteiger partial charge on any atom is 0.331 e. The number of hydrogen-bond donors (Lipinski definition) is 2. The maximum absolute atomic E-state index is 11.4. The second kappa shape index (κ2) is 8.66. The summed E-state index contributed by atoms with van der Waals surface area (Å²) in [6.07, 6.45) is -0.0486. The largest absolute Gasteiger partial charge is 0.478 e. The molecule has 0 aromatic rings. The van der Waals surface area contributed by atoms with Gasteiger partial charge in [-0.3, -0.25) is 9.69 Å². The molecule has 6 heteroatoms. The molecule has 19 heavy (non-hydrogen) atoms. The van der Waals surface area contributed by atoms with Crippen LogP contribution in [0.3, 0.4) is 0 Å². The lowest BCUT2D eigenvalue weighted by atomic mass is 10.1. The number of carbonyl (C=O) groups excluding carboxylic acids is 1. The minimum Gasteiger partial charge on any atom is -0.478 e. The zero-order chi connectivity index (χ0) is 15.0. The van der Waals surface area contributed by atoms with Crippen molar-refractivity contribution in [3.63, 3.8) is 0 Å². The molecule has 0 fully saturated rings. The molecule has 2 N–H and O–H groups in total. The summed E-state index contributed by atoms with van der Waals surface area (Å²) in [5.74, 6) is -1.91. The van der Waals surface area contributed by atoms with Crippen molar-refractivity contribution in [2.45, 2.75) is 46.4 Å². The third kappa shape index (κ3) is 6.93. The molecule has 0 bridgehead atoms. The van der Waals surface area contributed by atoms with Gasteiger partial charge in [0.1, 0.15) is 0 Å². The number of aliphatic hydroxyl groups excluding tert-OH is 1. The minimum absolute atomic E-state index is 0.0231. The van der Waals surface area contributed by atoms with Gasteiger partial charge in [-0.2, -0.15) is 0 Å². The lowest BCUT2D eigenvalue weighted by molar-refractivity contribution is -0.164. The van der Waals surface area contributed by atoms with Gasteiger partial charge in [-0.1, -0.05) is 19.9 Å². The molecular formula is C13H23NO5. The number of carbonyl (C=O) groups is 2. The van der Waals surface area contributed by atoms with Crippen molar-refractivity contribution in [2.24, 2.45) is 0 Å². The van der Waals surface area contributed by atoms with Gasteiger partial charge in [-0.05, 0) is 26.9 Å². The molecule has 0 aromatic heterocycles. The van der Waals surface area contributed by atoms with Crippen molar-refractivity contribution in [2.75, 3.05) is 13.1 Å². The Morgan fingerprint density at radius 3 is 2.16 bits per heavy atom. The van der Waals surface area contributed by atoms with E-state index in [0.29, 0.717) is 0 Å². The summed E-state index contributed by atoms with van der Waals surface area (Å²) < 4.78 is 4.52. The van der Waals surface area contributed by atoms with E-state index in [2.05, 4.69) is 9.64 Å². The number of likely N-dealkylation sites (N-methyl/N-ethyl adjacent to an activating group) is 1. The summed E-state index contributed by atoms with van der Waals surface area (Å²) in [5, 5.41) is 18.0. The summed E-state index contributed by atoms with van der Waals surface area (Å²) >= 11 is 0. The molecule has 0 aliphatic carbocycles. The van der Waals surface area contributed by atoms with E-state index in [1.54, 1.807) is 6.08 Å². The van der Waals surface area contributed by atoms with Gasteiger partial charge in [0.15, 0.2) is 6.29 Å². The van der Waals surface area contributed by atoms with Crippen molar-refractivity contribution >= 4 is 11.9 Å². The van der Waals surface area contributed by atoms with Crippen LogP contribution in [0.5, 0.6) is 0 Å². The first kappa shape index (κ1) is 17.6. The molecule has 0 aliphatic rings. The molecule has 0 aliphatic heterocycles. The van der Waals surface area contributed by atoms with E-state index in [4.69, 9.17) is 10.2 Å². The zero-order valence-electron chi connectivity index (χ0n) is 11.9. The Balaban J connectivity index is 4.81. The van der Waals surface area contributed by atoms with Gasteiger partial charge in [-0.15, -0.1) is 0 Å². The summed E-state index contributed by atoms with van der Waals surface area (Å²) in [4.78, 5) is 24.5. The molecule has 110 valence electrons. The quantitative estimate of drug-likeness (QED) is 0.390. The monoisotopic (exact) mass is 273 g/mol. The molecule has 0 spiro atoms. The molecule has 0 saturated heterocycles. The van der Waals surface area contributed by atoms with Crippen LogP contribution in [-0.2, 0) is 14.3 Å². The highest BCUT2D eigenvalue weighted by molar-refractivity contribution is 5.92. The van der Waals surface area contributed by atoms with Crippen molar-refractivity contribution < 1.29 is 24.5 Å². The van der Waals surface area contributed by atoms with Crippen LogP contribution in [0.1, 0.15) is 34.1 Å². The van der Waals surface area contributed by atoms with Crippen LogP contribution in [-0.4, -0.2) is 52.5 Å². The summed E-state index contributed by atoms with van der Waals surface area (Å²) in [5.41, 5.74) is -0.0231. The average molecular weight is 273 g/mol. The number of ether oxygens (including phenoxy) is 1.